The smallest absolute Gasteiger partial charge is 0.358 e. The zero-order chi connectivity index (χ0) is 12.8. The van der Waals surface area contributed by atoms with Crippen LogP contribution in [0, 0.1) is 10.1 Å². The molecule has 0 spiro atoms. The molecule has 0 aromatic carbocycles. The summed E-state index contributed by atoms with van der Waals surface area (Å²) in [5.41, 5.74) is 0.896. The van der Waals surface area contributed by atoms with Gasteiger partial charge in [0, 0.05) is 6.54 Å². The molecule has 1 aromatic rings. The van der Waals surface area contributed by atoms with Crippen LogP contribution in [-0.2, 0) is 6.54 Å². The predicted molar refractivity (Wildman–Crippen MR) is 66.2 cm³/mol. The van der Waals surface area contributed by atoms with E-state index in [1.807, 2.05) is 0 Å². The van der Waals surface area contributed by atoms with Crippen molar-refractivity contribution in [3.63, 3.8) is 0 Å². The second-order valence-electron chi connectivity index (χ2n) is 3.68. The van der Waals surface area contributed by atoms with Crippen LogP contribution in [0.2, 0.25) is 5.02 Å². The summed E-state index contributed by atoms with van der Waals surface area (Å²) >= 11 is 5.68. The standard InChI is InChI=1S/C10H15ClN4O2/c1-3-4-12-5-8(2)6-14-7-9(11)10(13-14)15(16)17/h7,12H,2-6H2,1H3. The summed E-state index contributed by atoms with van der Waals surface area (Å²) in [5, 5.41) is 17.6. The number of nitro groups is 1. The number of nitrogens with one attached hydrogen (secondary N) is 1. The van der Waals surface area contributed by atoms with E-state index in [4.69, 9.17) is 11.6 Å². The van der Waals surface area contributed by atoms with Gasteiger partial charge in [-0.1, -0.05) is 25.1 Å². The quantitative estimate of drug-likeness (QED) is 0.351. The Balaban J connectivity index is 2.54. The average Bonchev–Trinajstić information content (AvgIpc) is 2.60. The van der Waals surface area contributed by atoms with Gasteiger partial charge in [-0.3, -0.25) is 0 Å². The lowest BCUT2D eigenvalue weighted by atomic mass is 10.3. The number of halogens is 1. The molecule has 6 nitrogen and oxygen atoms in total. The molecule has 0 aliphatic carbocycles. The van der Waals surface area contributed by atoms with E-state index in [1.165, 1.54) is 10.9 Å². The van der Waals surface area contributed by atoms with E-state index in [0.29, 0.717) is 13.1 Å². The van der Waals surface area contributed by atoms with Gasteiger partial charge in [0.2, 0.25) is 0 Å². The molecular weight excluding hydrogens is 244 g/mol. The summed E-state index contributed by atoms with van der Waals surface area (Å²) in [4.78, 5) is 9.94. The van der Waals surface area contributed by atoms with Crippen molar-refractivity contribution in [1.82, 2.24) is 15.1 Å². The number of hydrogen-bond acceptors (Lipinski definition) is 4. The van der Waals surface area contributed by atoms with Gasteiger partial charge in [0.1, 0.15) is 0 Å². The lowest BCUT2D eigenvalue weighted by molar-refractivity contribution is -0.389. The van der Waals surface area contributed by atoms with Crippen LogP contribution >= 0.6 is 11.6 Å². The van der Waals surface area contributed by atoms with Gasteiger partial charge in [-0.05, 0) is 23.5 Å². The molecule has 7 heteroatoms. The summed E-state index contributed by atoms with van der Waals surface area (Å²) in [6, 6.07) is 0. The Kier molecular flexibility index (Phi) is 5.11. The summed E-state index contributed by atoms with van der Waals surface area (Å²) in [6.07, 6.45) is 2.48. The molecular formula is C10H15ClN4O2. The third-order valence-electron chi connectivity index (χ3n) is 2.06. The van der Waals surface area contributed by atoms with Crippen LogP contribution < -0.4 is 5.32 Å². The van der Waals surface area contributed by atoms with E-state index in [0.717, 1.165) is 18.5 Å². The molecule has 0 aliphatic heterocycles. The van der Waals surface area contributed by atoms with Crippen molar-refractivity contribution in [3.05, 3.63) is 33.5 Å². The highest BCUT2D eigenvalue weighted by atomic mass is 35.5. The van der Waals surface area contributed by atoms with Gasteiger partial charge in [0.05, 0.1) is 17.8 Å². The van der Waals surface area contributed by atoms with Gasteiger partial charge in [-0.2, -0.15) is 4.68 Å². The minimum atomic E-state index is -0.600. The lowest BCUT2D eigenvalue weighted by Crippen LogP contribution is -2.19. The molecule has 1 rings (SSSR count). The number of rotatable bonds is 7. The molecule has 1 aromatic heterocycles. The fourth-order valence-electron chi connectivity index (χ4n) is 1.32. The van der Waals surface area contributed by atoms with Crippen LogP contribution in [0.15, 0.2) is 18.3 Å². The Bertz CT molecular complexity index is 416. The van der Waals surface area contributed by atoms with Crippen molar-refractivity contribution >= 4 is 17.4 Å². The molecule has 0 amide bonds. The zero-order valence-electron chi connectivity index (χ0n) is 9.65. The van der Waals surface area contributed by atoms with Crippen LogP contribution in [0.4, 0.5) is 5.82 Å². The van der Waals surface area contributed by atoms with Gasteiger partial charge in [-0.25, -0.2) is 0 Å². The molecule has 1 heterocycles. The Hall–Kier alpha value is -1.40. The molecule has 0 radical (unpaired) electrons. The van der Waals surface area contributed by atoms with Crippen LogP contribution in [0.5, 0.6) is 0 Å². The van der Waals surface area contributed by atoms with E-state index in [9.17, 15) is 10.1 Å². The van der Waals surface area contributed by atoms with Crippen molar-refractivity contribution in [2.75, 3.05) is 13.1 Å². The van der Waals surface area contributed by atoms with Gasteiger partial charge in [0.25, 0.3) is 0 Å². The highest BCUT2D eigenvalue weighted by Gasteiger charge is 2.18. The minimum Gasteiger partial charge on any atom is -0.358 e. The van der Waals surface area contributed by atoms with E-state index in [2.05, 4.69) is 23.9 Å². The molecule has 17 heavy (non-hydrogen) atoms. The van der Waals surface area contributed by atoms with E-state index >= 15 is 0 Å². The summed E-state index contributed by atoms with van der Waals surface area (Å²) in [5.74, 6) is -0.319. The number of hydrogen-bond donors (Lipinski definition) is 1. The molecule has 0 saturated heterocycles. The first kappa shape index (κ1) is 13.7. The third kappa shape index (κ3) is 4.16. The maximum Gasteiger partial charge on any atom is 0.408 e. The van der Waals surface area contributed by atoms with E-state index < -0.39 is 4.92 Å². The molecule has 0 bridgehead atoms. The van der Waals surface area contributed by atoms with Crippen LogP contribution in [0.3, 0.4) is 0 Å². The van der Waals surface area contributed by atoms with Crippen molar-refractivity contribution < 1.29 is 4.92 Å². The van der Waals surface area contributed by atoms with Gasteiger partial charge in [0.15, 0.2) is 5.02 Å². The maximum absolute atomic E-state index is 10.5. The molecule has 94 valence electrons. The van der Waals surface area contributed by atoms with Crippen molar-refractivity contribution in [3.8, 4) is 0 Å². The first-order chi connectivity index (χ1) is 8.04. The maximum atomic E-state index is 10.5. The fraction of sp³-hybridized carbons (Fsp3) is 0.500. The normalized spacial score (nSPS) is 10.5. The first-order valence-electron chi connectivity index (χ1n) is 5.29. The van der Waals surface area contributed by atoms with Crippen molar-refractivity contribution in [2.24, 2.45) is 0 Å². The Labute approximate surface area is 104 Å². The van der Waals surface area contributed by atoms with Crippen molar-refractivity contribution in [1.29, 1.82) is 0 Å². The largest absolute Gasteiger partial charge is 0.408 e. The second kappa shape index (κ2) is 6.36. The van der Waals surface area contributed by atoms with E-state index in [1.54, 1.807) is 0 Å². The fourth-order valence-corrected chi connectivity index (χ4v) is 1.54. The lowest BCUT2D eigenvalue weighted by Gasteiger charge is -2.04. The van der Waals surface area contributed by atoms with Gasteiger partial charge in [-0.15, -0.1) is 0 Å². The molecule has 0 atom stereocenters. The third-order valence-corrected chi connectivity index (χ3v) is 2.33. The average molecular weight is 259 g/mol. The van der Waals surface area contributed by atoms with E-state index in [-0.39, 0.29) is 10.8 Å². The van der Waals surface area contributed by atoms with Crippen LogP contribution in [0.1, 0.15) is 13.3 Å². The van der Waals surface area contributed by atoms with Gasteiger partial charge < -0.3 is 15.4 Å². The summed E-state index contributed by atoms with van der Waals surface area (Å²) in [6.45, 7) is 7.95. The van der Waals surface area contributed by atoms with Crippen molar-refractivity contribution in [2.45, 2.75) is 19.9 Å². The Morgan fingerprint density at radius 1 is 1.76 bits per heavy atom. The zero-order valence-corrected chi connectivity index (χ0v) is 10.4. The molecule has 0 saturated carbocycles. The molecule has 0 fully saturated rings. The highest BCUT2D eigenvalue weighted by Crippen LogP contribution is 2.21. The predicted octanol–water partition coefficient (Wildman–Crippen LogP) is 2.00. The Morgan fingerprint density at radius 2 is 2.47 bits per heavy atom. The minimum absolute atomic E-state index is 0.0457. The molecule has 0 aliphatic rings. The second-order valence-corrected chi connectivity index (χ2v) is 4.09. The summed E-state index contributed by atoms with van der Waals surface area (Å²) < 4.78 is 1.43. The van der Waals surface area contributed by atoms with Gasteiger partial charge >= 0.3 is 5.82 Å². The van der Waals surface area contributed by atoms with Crippen LogP contribution in [-0.4, -0.2) is 27.8 Å². The Morgan fingerprint density at radius 3 is 3.00 bits per heavy atom. The molecule has 0 unspecified atom stereocenters. The van der Waals surface area contributed by atoms with Crippen LogP contribution in [0.25, 0.3) is 0 Å². The number of nitrogens with zero attached hydrogens (tertiary/aromatic N) is 3. The SMILES string of the molecule is C=C(CNCCC)Cn1cc(Cl)c([N+](=O)[O-])n1. The monoisotopic (exact) mass is 258 g/mol. The first-order valence-corrected chi connectivity index (χ1v) is 5.67. The summed E-state index contributed by atoms with van der Waals surface area (Å²) in [7, 11) is 0. The molecule has 1 N–H and O–H groups in total. The number of aromatic nitrogens is 2. The topological polar surface area (TPSA) is 73.0 Å². The highest BCUT2D eigenvalue weighted by molar-refractivity contribution is 6.32.